The molecular formula is C20H24ClN2O+. The van der Waals surface area contributed by atoms with Gasteiger partial charge in [-0.15, -0.1) is 0 Å². The van der Waals surface area contributed by atoms with Crippen LogP contribution in [0.5, 0.6) is 0 Å². The molecule has 24 heavy (non-hydrogen) atoms. The lowest BCUT2D eigenvalue weighted by Gasteiger charge is -2.36. The number of carbonyl (C=O) groups is 1. The van der Waals surface area contributed by atoms with Crippen LogP contribution in [0.1, 0.15) is 35.8 Å². The zero-order chi connectivity index (χ0) is 17.1. The van der Waals surface area contributed by atoms with Crippen molar-refractivity contribution in [2.24, 2.45) is 0 Å². The molecule has 126 valence electrons. The normalized spacial score (nSPS) is 16.9. The molecule has 0 aromatic heterocycles. The molecule has 3 rings (SSSR count). The van der Waals surface area contributed by atoms with Gasteiger partial charge in [0.25, 0.3) is 0 Å². The highest BCUT2D eigenvalue weighted by atomic mass is 35.5. The highest BCUT2D eigenvalue weighted by Crippen LogP contribution is 2.21. The predicted molar refractivity (Wildman–Crippen MR) is 99.2 cm³/mol. The van der Waals surface area contributed by atoms with Crippen molar-refractivity contribution in [3.8, 4) is 0 Å². The van der Waals surface area contributed by atoms with Crippen molar-refractivity contribution in [2.45, 2.75) is 19.9 Å². The van der Waals surface area contributed by atoms with Crippen molar-refractivity contribution in [1.29, 1.82) is 0 Å². The zero-order valence-corrected chi connectivity index (χ0v) is 15.0. The van der Waals surface area contributed by atoms with E-state index in [1.54, 1.807) is 11.8 Å². The number of ketones is 1. The van der Waals surface area contributed by atoms with E-state index in [0.29, 0.717) is 6.04 Å². The van der Waals surface area contributed by atoms with Gasteiger partial charge in [-0.2, -0.15) is 0 Å². The van der Waals surface area contributed by atoms with E-state index < -0.39 is 0 Å². The van der Waals surface area contributed by atoms with Crippen LogP contribution in [-0.2, 0) is 0 Å². The third kappa shape index (κ3) is 3.63. The Balaban J connectivity index is 1.63. The predicted octanol–water partition coefficient (Wildman–Crippen LogP) is 3.01. The van der Waals surface area contributed by atoms with Gasteiger partial charge in [0, 0.05) is 21.8 Å². The number of nitrogens with one attached hydrogen (secondary N) is 1. The van der Waals surface area contributed by atoms with Gasteiger partial charge in [-0.3, -0.25) is 4.79 Å². The van der Waals surface area contributed by atoms with E-state index >= 15 is 0 Å². The van der Waals surface area contributed by atoms with Crippen LogP contribution >= 0.6 is 11.6 Å². The van der Waals surface area contributed by atoms with Crippen LogP contribution in [0.25, 0.3) is 0 Å². The summed E-state index contributed by atoms with van der Waals surface area (Å²) in [5.74, 6) is 0.115. The van der Waals surface area contributed by atoms with E-state index in [2.05, 4.69) is 36.1 Å². The molecular weight excluding hydrogens is 320 g/mol. The SMILES string of the molecule is CC(=O)c1ccc(N2CC[NH+]([C@@H](C)c3ccccc3Cl)CC2)cc1. The van der Waals surface area contributed by atoms with Crippen LogP contribution in [0.3, 0.4) is 0 Å². The minimum atomic E-state index is 0.115. The van der Waals surface area contributed by atoms with E-state index in [1.807, 2.05) is 24.3 Å². The number of halogens is 1. The molecule has 0 spiro atoms. The van der Waals surface area contributed by atoms with Gasteiger partial charge >= 0.3 is 0 Å². The number of Topliss-reactive ketones (excluding diaryl/α,β-unsaturated/α-hetero) is 1. The third-order valence-electron chi connectivity index (χ3n) is 5.03. The second-order valence-electron chi connectivity index (χ2n) is 6.49. The lowest BCUT2D eigenvalue weighted by molar-refractivity contribution is -0.930. The van der Waals surface area contributed by atoms with Crippen LogP contribution in [-0.4, -0.2) is 32.0 Å². The summed E-state index contributed by atoms with van der Waals surface area (Å²) in [6.07, 6.45) is 0. The second-order valence-corrected chi connectivity index (χ2v) is 6.90. The number of carbonyl (C=O) groups excluding carboxylic acids is 1. The minimum Gasteiger partial charge on any atom is -0.360 e. The molecule has 3 nitrogen and oxygen atoms in total. The number of hydrogen-bond donors (Lipinski definition) is 1. The molecule has 4 heteroatoms. The molecule has 1 heterocycles. The quantitative estimate of drug-likeness (QED) is 0.863. The van der Waals surface area contributed by atoms with Gasteiger partial charge in [0.05, 0.1) is 26.2 Å². The van der Waals surface area contributed by atoms with Crippen LogP contribution in [0.4, 0.5) is 5.69 Å². The number of nitrogens with zero attached hydrogens (tertiary/aromatic N) is 1. The Bertz CT molecular complexity index is 706. The lowest BCUT2D eigenvalue weighted by atomic mass is 10.1. The average molecular weight is 344 g/mol. The van der Waals surface area contributed by atoms with Gasteiger partial charge in [-0.25, -0.2) is 0 Å². The summed E-state index contributed by atoms with van der Waals surface area (Å²) in [6.45, 7) is 8.07. The van der Waals surface area contributed by atoms with Crippen molar-refractivity contribution in [2.75, 3.05) is 31.1 Å². The third-order valence-corrected chi connectivity index (χ3v) is 5.37. The fourth-order valence-electron chi connectivity index (χ4n) is 3.44. The maximum Gasteiger partial charge on any atom is 0.159 e. The van der Waals surface area contributed by atoms with Crippen molar-refractivity contribution in [1.82, 2.24) is 0 Å². The first-order chi connectivity index (χ1) is 11.6. The van der Waals surface area contributed by atoms with Gasteiger partial charge in [0.1, 0.15) is 6.04 Å². The van der Waals surface area contributed by atoms with Gasteiger partial charge in [-0.1, -0.05) is 29.8 Å². The molecule has 2 aromatic rings. The van der Waals surface area contributed by atoms with Crippen LogP contribution in [0.2, 0.25) is 5.02 Å². The first-order valence-electron chi connectivity index (χ1n) is 8.51. The Morgan fingerprint density at radius 2 is 1.71 bits per heavy atom. The van der Waals surface area contributed by atoms with Gasteiger partial charge in [0.15, 0.2) is 5.78 Å². The lowest BCUT2D eigenvalue weighted by Crippen LogP contribution is -3.14. The van der Waals surface area contributed by atoms with Crippen molar-refractivity contribution >= 4 is 23.1 Å². The van der Waals surface area contributed by atoms with Crippen molar-refractivity contribution < 1.29 is 9.69 Å². The van der Waals surface area contributed by atoms with E-state index in [0.717, 1.165) is 36.8 Å². The fraction of sp³-hybridized carbons (Fsp3) is 0.350. The summed E-state index contributed by atoms with van der Waals surface area (Å²) in [5.41, 5.74) is 3.20. The second kappa shape index (κ2) is 7.37. The molecule has 0 aliphatic carbocycles. The smallest absolute Gasteiger partial charge is 0.159 e. The average Bonchev–Trinajstić information content (AvgIpc) is 2.62. The highest BCUT2D eigenvalue weighted by Gasteiger charge is 2.26. The van der Waals surface area contributed by atoms with E-state index in [1.165, 1.54) is 11.3 Å². The zero-order valence-electron chi connectivity index (χ0n) is 14.3. The topological polar surface area (TPSA) is 24.8 Å². The van der Waals surface area contributed by atoms with Gasteiger partial charge in [0.2, 0.25) is 0 Å². The van der Waals surface area contributed by atoms with E-state index in [4.69, 9.17) is 11.6 Å². The number of hydrogen-bond acceptors (Lipinski definition) is 2. The van der Waals surface area contributed by atoms with Crippen molar-refractivity contribution in [3.63, 3.8) is 0 Å². The summed E-state index contributed by atoms with van der Waals surface area (Å²) < 4.78 is 0. The van der Waals surface area contributed by atoms with Crippen LogP contribution in [0, 0.1) is 0 Å². The molecule has 1 fully saturated rings. The van der Waals surface area contributed by atoms with Crippen molar-refractivity contribution in [3.05, 3.63) is 64.7 Å². The monoisotopic (exact) mass is 343 g/mol. The molecule has 1 aliphatic heterocycles. The number of anilines is 1. The summed E-state index contributed by atoms with van der Waals surface area (Å²) in [5, 5.41) is 0.861. The summed E-state index contributed by atoms with van der Waals surface area (Å²) in [7, 11) is 0. The molecule has 0 unspecified atom stereocenters. The Kier molecular flexibility index (Phi) is 5.22. The first-order valence-corrected chi connectivity index (χ1v) is 8.89. The molecule has 0 saturated carbocycles. The molecule has 1 atom stereocenters. The maximum absolute atomic E-state index is 11.4. The maximum atomic E-state index is 11.4. The molecule has 0 bridgehead atoms. The van der Waals surface area contributed by atoms with Crippen LogP contribution in [0.15, 0.2) is 48.5 Å². The minimum absolute atomic E-state index is 0.115. The molecule has 1 aliphatic rings. The summed E-state index contributed by atoms with van der Waals surface area (Å²) >= 11 is 6.35. The molecule has 0 radical (unpaired) electrons. The van der Waals surface area contributed by atoms with Gasteiger partial charge in [-0.05, 0) is 44.2 Å². The molecule has 1 saturated heterocycles. The fourth-order valence-corrected chi connectivity index (χ4v) is 3.74. The van der Waals surface area contributed by atoms with E-state index in [-0.39, 0.29) is 5.78 Å². The summed E-state index contributed by atoms with van der Waals surface area (Å²) in [4.78, 5) is 15.4. The summed E-state index contributed by atoms with van der Waals surface area (Å²) in [6, 6.07) is 16.5. The number of piperazine rings is 1. The Hall–Kier alpha value is -1.84. The Labute approximate surface area is 148 Å². The standard InChI is InChI=1S/C20H23ClN2O/c1-15(19-5-3-4-6-20(19)21)22-11-13-23(14-12-22)18-9-7-17(8-10-18)16(2)24/h3-10,15H,11-14H2,1-2H3/p+1/t15-/m0/s1. The number of quaternary nitrogens is 1. The Morgan fingerprint density at radius 1 is 1.08 bits per heavy atom. The molecule has 2 aromatic carbocycles. The molecule has 0 amide bonds. The largest absolute Gasteiger partial charge is 0.360 e. The first kappa shape index (κ1) is 17.0. The number of benzene rings is 2. The highest BCUT2D eigenvalue weighted by molar-refractivity contribution is 6.31. The van der Waals surface area contributed by atoms with Gasteiger partial charge < -0.3 is 9.80 Å². The number of rotatable bonds is 4. The van der Waals surface area contributed by atoms with E-state index in [9.17, 15) is 4.79 Å². The Morgan fingerprint density at radius 3 is 2.29 bits per heavy atom. The van der Waals surface area contributed by atoms with Crippen LogP contribution < -0.4 is 9.80 Å². The molecule has 1 N–H and O–H groups in total.